The first-order chi connectivity index (χ1) is 9.97. The molecule has 0 radical (unpaired) electrons. The predicted octanol–water partition coefficient (Wildman–Crippen LogP) is 4.93. The second-order valence-corrected chi connectivity index (χ2v) is 6.52. The summed E-state index contributed by atoms with van der Waals surface area (Å²) in [6, 6.07) is 8.87. The smallest absolute Gasteiger partial charge is 0.133 e. The summed E-state index contributed by atoms with van der Waals surface area (Å²) in [6.07, 6.45) is 0. The van der Waals surface area contributed by atoms with Gasteiger partial charge in [0.25, 0.3) is 0 Å². The van der Waals surface area contributed by atoms with Crippen molar-refractivity contribution in [3.8, 4) is 11.5 Å². The summed E-state index contributed by atoms with van der Waals surface area (Å²) in [7, 11) is 3.22. The number of hydrogen-bond acceptors (Lipinski definition) is 3. The molecule has 0 aliphatic carbocycles. The van der Waals surface area contributed by atoms with E-state index in [1.165, 1.54) is 0 Å². The molecule has 0 spiro atoms. The Hall–Kier alpha value is -0.750. The molecule has 0 saturated heterocycles. The molecule has 0 bridgehead atoms. The van der Waals surface area contributed by atoms with Gasteiger partial charge in [0.2, 0.25) is 0 Å². The first-order valence-electron chi connectivity index (χ1n) is 6.10. The maximum Gasteiger partial charge on any atom is 0.133 e. The monoisotopic (exact) mass is 433 g/mol. The van der Waals surface area contributed by atoms with Crippen LogP contribution in [0.5, 0.6) is 11.5 Å². The molecule has 0 fully saturated rings. The van der Waals surface area contributed by atoms with Crippen molar-refractivity contribution in [3.05, 3.63) is 55.4 Å². The third-order valence-electron chi connectivity index (χ3n) is 3.14. The Morgan fingerprint density at radius 1 is 0.952 bits per heavy atom. The summed E-state index contributed by atoms with van der Waals surface area (Å²) in [5.41, 5.74) is 8.15. The summed E-state index contributed by atoms with van der Waals surface area (Å²) in [6.45, 7) is 0. The topological polar surface area (TPSA) is 44.5 Å². The summed E-state index contributed by atoms with van der Waals surface area (Å²) >= 11 is 12.9. The van der Waals surface area contributed by atoms with Crippen LogP contribution in [-0.2, 0) is 0 Å². The third-order valence-corrected chi connectivity index (χ3v) is 4.68. The fourth-order valence-corrected chi connectivity index (χ4v) is 3.46. The van der Waals surface area contributed by atoms with Crippen LogP contribution in [0.15, 0.2) is 39.3 Å². The molecule has 0 saturated carbocycles. The molecule has 0 aromatic heterocycles. The zero-order valence-corrected chi connectivity index (χ0v) is 15.4. The van der Waals surface area contributed by atoms with Crippen LogP contribution in [0.2, 0.25) is 5.02 Å². The van der Waals surface area contributed by atoms with Gasteiger partial charge < -0.3 is 15.2 Å². The second-order valence-electron chi connectivity index (χ2n) is 4.37. The lowest BCUT2D eigenvalue weighted by atomic mass is 9.98. The Balaban J connectivity index is 2.53. The van der Waals surface area contributed by atoms with E-state index < -0.39 is 0 Å². The Bertz CT molecular complexity index is 664. The molecule has 3 nitrogen and oxygen atoms in total. The molecule has 6 heteroatoms. The molecule has 1 unspecified atom stereocenters. The Labute approximate surface area is 145 Å². The van der Waals surface area contributed by atoms with Gasteiger partial charge in [-0.25, -0.2) is 0 Å². The van der Waals surface area contributed by atoms with E-state index in [0.29, 0.717) is 16.5 Å². The lowest BCUT2D eigenvalue weighted by molar-refractivity contribution is 0.395. The van der Waals surface area contributed by atoms with Crippen LogP contribution in [0, 0.1) is 0 Å². The van der Waals surface area contributed by atoms with E-state index in [1.54, 1.807) is 14.2 Å². The van der Waals surface area contributed by atoms with Gasteiger partial charge in [0.05, 0.1) is 24.7 Å². The van der Waals surface area contributed by atoms with Crippen molar-refractivity contribution in [3.63, 3.8) is 0 Å². The molecular formula is C15H14Br2ClNO2. The number of methoxy groups -OCH3 is 2. The highest BCUT2D eigenvalue weighted by molar-refractivity contribution is 9.10. The molecule has 0 amide bonds. The largest absolute Gasteiger partial charge is 0.496 e. The van der Waals surface area contributed by atoms with Crippen molar-refractivity contribution in [2.45, 2.75) is 6.04 Å². The molecule has 2 aromatic carbocycles. The van der Waals surface area contributed by atoms with Crippen molar-refractivity contribution >= 4 is 43.5 Å². The van der Waals surface area contributed by atoms with Crippen LogP contribution in [0.3, 0.4) is 0 Å². The third kappa shape index (κ3) is 3.54. The van der Waals surface area contributed by atoms with Crippen molar-refractivity contribution in [2.24, 2.45) is 5.73 Å². The Morgan fingerprint density at radius 2 is 1.62 bits per heavy atom. The van der Waals surface area contributed by atoms with Gasteiger partial charge in [-0.1, -0.05) is 33.6 Å². The van der Waals surface area contributed by atoms with Crippen molar-refractivity contribution in [1.82, 2.24) is 0 Å². The molecule has 2 rings (SSSR count). The van der Waals surface area contributed by atoms with Crippen LogP contribution in [0.25, 0.3) is 0 Å². The molecule has 2 aromatic rings. The van der Waals surface area contributed by atoms with Gasteiger partial charge >= 0.3 is 0 Å². The van der Waals surface area contributed by atoms with Gasteiger partial charge in [0, 0.05) is 15.1 Å². The van der Waals surface area contributed by atoms with Crippen molar-refractivity contribution in [1.29, 1.82) is 0 Å². The van der Waals surface area contributed by atoms with E-state index in [1.807, 2.05) is 30.3 Å². The SMILES string of the molecule is COc1cc(C(N)c2ccc(Cl)cc2Br)c(OC)cc1Br. The molecule has 0 aliphatic heterocycles. The fraction of sp³-hybridized carbons (Fsp3) is 0.200. The minimum absolute atomic E-state index is 0.367. The highest BCUT2D eigenvalue weighted by Crippen LogP contribution is 2.38. The average Bonchev–Trinajstić information content (AvgIpc) is 2.46. The van der Waals surface area contributed by atoms with E-state index in [0.717, 1.165) is 20.1 Å². The summed E-state index contributed by atoms with van der Waals surface area (Å²) in [4.78, 5) is 0. The molecule has 2 N–H and O–H groups in total. The van der Waals surface area contributed by atoms with Crippen molar-refractivity contribution < 1.29 is 9.47 Å². The fourth-order valence-electron chi connectivity index (χ4n) is 2.05. The molecule has 0 aliphatic rings. The minimum Gasteiger partial charge on any atom is -0.496 e. The van der Waals surface area contributed by atoms with Gasteiger partial charge in [-0.15, -0.1) is 0 Å². The molecule has 21 heavy (non-hydrogen) atoms. The van der Waals surface area contributed by atoms with Crippen LogP contribution in [0.1, 0.15) is 17.2 Å². The van der Waals surface area contributed by atoms with Crippen LogP contribution >= 0.6 is 43.5 Å². The number of halogens is 3. The normalized spacial score (nSPS) is 12.1. The molecular weight excluding hydrogens is 421 g/mol. The van der Waals surface area contributed by atoms with Crippen LogP contribution in [-0.4, -0.2) is 14.2 Å². The summed E-state index contributed by atoms with van der Waals surface area (Å²) < 4.78 is 12.4. The highest BCUT2D eigenvalue weighted by Gasteiger charge is 2.19. The van der Waals surface area contributed by atoms with E-state index >= 15 is 0 Å². The van der Waals surface area contributed by atoms with Gasteiger partial charge in [0.1, 0.15) is 11.5 Å². The molecule has 112 valence electrons. The zero-order valence-electron chi connectivity index (χ0n) is 11.5. The summed E-state index contributed by atoms with van der Waals surface area (Å²) in [5, 5.41) is 0.651. The Kier molecular flexibility index (Phi) is 5.54. The average molecular weight is 436 g/mol. The number of ether oxygens (including phenoxy) is 2. The lowest BCUT2D eigenvalue weighted by Gasteiger charge is -2.19. The Morgan fingerprint density at radius 3 is 2.19 bits per heavy atom. The lowest BCUT2D eigenvalue weighted by Crippen LogP contribution is -2.14. The van der Waals surface area contributed by atoms with E-state index in [4.69, 9.17) is 26.8 Å². The van der Waals surface area contributed by atoms with Gasteiger partial charge in [-0.3, -0.25) is 0 Å². The first kappa shape index (κ1) is 16.6. The van der Waals surface area contributed by atoms with Crippen LogP contribution in [0.4, 0.5) is 0 Å². The predicted molar refractivity (Wildman–Crippen MR) is 92.4 cm³/mol. The number of hydrogen-bond donors (Lipinski definition) is 1. The standard InChI is InChI=1S/C15H14Br2ClNO2/c1-20-13-7-12(17)14(21-2)6-10(13)15(19)9-4-3-8(18)5-11(9)16/h3-7,15H,19H2,1-2H3. The quantitative estimate of drug-likeness (QED) is 0.741. The number of benzene rings is 2. The maximum atomic E-state index is 6.39. The van der Waals surface area contributed by atoms with Crippen LogP contribution < -0.4 is 15.2 Å². The minimum atomic E-state index is -0.367. The second kappa shape index (κ2) is 7.01. The van der Waals surface area contributed by atoms with E-state index in [-0.39, 0.29) is 6.04 Å². The first-order valence-corrected chi connectivity index (χ1v) is 8.06. The summed E-state index contributed by atoms with van der Waals surface area (Å²) in [5.74, 6) is 1.39. The van der Waals surface area contributed by atoms with Gasteiger partial charge in [-0.2, -0.15) is 0 Å². The van der Waals surface area contributed by atoms with E-state index in [2.05, 4.69) is 31.9 Å². The molecule has 1 atom stereocenters. The van der Waals surface area contributed by atoms with E-state index in [9.17, 15) is 0 Å². The number of rotatable bonds is 4. The highest BCUT2D eigenvalue weighted by atomic mass is 79.9. The maximum absolute atomic E-state index is 6.39. The zero-order chi connectivity index (χ0) is 15.6. The van der Waals surface area contributed by atoms with Crippen molar-refractivity contribution in [2.75, 3.05) is 14.2 Å². The van der Waals surface area contributed by atoms with Gasteiger partial charge in [0.15, 0.2) is 0 Å². The molecule has 0 heterocycles. The number of nitrogens with two attached hydrogens (primary N) is 1. The van der Waals surface area contributed by atoms with Gasteiger partial charge in [-0.05, 0) is 45.8 Å².